The van der Waals surface area contributed by atoms with E-state index in [-0.39, 0.29) is 5.02 Å². The predicted octanol–water partition coefficient (Wildman–Crippen LogP) is 2.51. The number of hydrogen-bond acceptors (Lipinski definition) is 2. The molecule has 4 heteroatoms. The Balaban J connectivity index is 2.57. The highest BCUT2D eigenvalue weighted by molar-refractivity contribution is 6.30. The lowest BCUT2D eigenvalue weighted by Gasteiger charge is -2.12. The van der Waals surface area contributed by atoms with Crippen molar-refractivity contribution < 1.29 is 9.50 Å². The Morgan fingerprint density at radius 3 is 2.87 bits per heavy atom. The summed E-state index contributed by atoms with van der Waals surface area (Å²) in [6.07, 6.45) is 0.367. The lowest BCUT2D eigenvalue weighted by atomic mass is 10.1. The summed E-state index contributed by atoms with van der Waals surface area (Å²) < 4.78 is 12.8. The first-order chi connectivity index (χ1) is 7.15. The molecule has 0 aliphatic rings. The van der Waals surface area contributed by atoms with E-state index in [1.54, 1.807) is 6.07 Å². The topological polar surface area (TPSA) is 32.3 Å². The van der Waals surface area contributed by atoms with Crippen molar-refractivity contribution in [2.45, 2.75) is 19.4 Å². The monoisotopic (exact) mass is 231 g/mol. The highest BCUT2D eigenvalue weighted by Gasteiger charge is 2.09. The van der Waals surface area contributed by atoms with Crippen molar-refractivity contribution in [1.29, 1.82) is 0 Å². The summed E-state index contributed by atoms with van der Waals surface area (Å²) in [6, 6.07) is 4.26. The molecule has 0 aliphatic carbocycles. The van der Waals surface area contributed by atoms with Crippen LogP contribution in [0.4, 0.5) is 4.39 Å². The number of benzene rings is 1. The van der Waals surface area contributed by atoms with Crippen LogP contribution in [-0.2, 0) is 0 Å². The van der Waals surface area contributed by atoms with Crippen LogP contribution in [0.25, 0.3) is 0 Å². The first-order valence-corrected chi connectivity index (χ1v) is 5.36. The summed E-state index contributed by atoms with van der Waals surface area (Å²) in [5.41, 5.74) is 0.630. The average Bonchev–Trinajstić information content (AvgIpc) is 2.22. The molecule has 1 rings (SSSR count). The summed E-state index contributed by atoms with van der Waals surface area (Å²) in [5, 5.41) is 12.8. The number of nitrogens with one attached hydrogen (secondary N) is 1. The number of rotatable bonds is 5. The zero-order valence-electron chi connectivity index (χ0n) is 8.63. The van der Waals surface area contributed by atoms with Gasteiger partial charge in [0.05, 0.1) is 11.1 Å². The molecule has 1 aromatic rings. The molecule has 0 radical (unpaired) electrons. The molecule has 0 bridgehead atoms. The van der Waals surface area contributed by atoms with Crippen LogP contribution < -0.4 is 5.32 Å². The van der Waals surface area contributed by atoms with Crippen LogP contribution in [0.3, 0.4) is 0 Å². The molecule has 0 heterocycles. The first-order valence-electron chi connectivity index (χ1n) is 4.99. The molecule has 0 spiro atoms. The molecule has 0 amide bonds. The van der Waals surface area contributed by atoms with Gasteiger partial charge < -0.3 is 10.4 Å². The number of aliphatic hydroxyl groups excluding tert-OH is 1. The molecule has 0 saturated carbocycles. The van der Waals surface area contributed by atoms with Crippen LogP contribution in [0, 0.1) is 5.82 Å². The van der Waals surface area contributed by atoms with Gasteiger partial charge in [0.15, 0.2) is 0 Å². The fourth-order valence-electron chi connectivity index (χ4n) is 1.25. The molecule has 1 unspecified atom stereocenters. The highest BCUT2D eigenvalue weighted by Crippen LogP contribution is 2.20. The third kappa shape index (κ3) is 3.78. The standard InChI is InChI=1S/C11H15ClFNO/c1-2-5-14-7-11(15)8-3-4-10(13)9(12)6-8/h3-4,6,11,14-15H,2,5,7H2,1H3. The summed E-state index contributed by atoms with van der Waals surface area (Å²) in [7, 11) is 0. The van der Waals surface area contributed by atoms with Crippen molar-refractivity contribution in [3.63, 3.8) is 0 Å². The zero-order valence-corrected chi connectivity index (χ0v) is 9.39. The minimum Gasteiger partial charge on any atom is -0.387 e. The van der Waals surface area contributed by atoms with Gasteiger partial charge in [0, 0.05) is 6.54 Å². The molecular weight excluding hydrogens is 217 g/mol. The smallest absolute Gasteiger partial charge is 0.141 e. The maximum absolute atomic E-state index is 12.8. The van der Waals surface area contributed by atoms with Crippen LogP contribution in [0.5, 0.6) is 0 Å². The van der Waals surface area contributed by atoms with Crippen molar-refractivity contribution in [2.24, 2.45) is 0 Å². The summed E-state index contributed by atoms with van der Waals surface area (Å²) in [6.45, 7) is 3.36. The van der Waals surface area contributed by atoms with Gasteiger partial charge in [-0.3, -0.25) is 0 Å². The third-order valence-corrected chi connectivity index (χ3v) is 2.38. The van der Waals surface area contributed by atoms with Gasteiger partial charge in [-0.05, 0) is 30.7 Å². The second-order valence-corrected chi connectivity index (χ2v) is 3.80. The minimum absolute atomic E-state index is 0.0436. The van der Waals surface area contributed by atoms with E-state index in [4.69, 9.17) is 11.6 Å². The maximum Gasteiger partial charge on any atom is 0.141 e. The van der Waals surface area contributed by atoms with Gasteiger partial charge in [-0.1, -0.05) is 24.6 Å². The molecular formula is C11H15ClFNO. The van der Waals surface area contributed by atoms with E-state index in [2.05, 4.69) is 5.32 Å². The maximum atomic E-state index is 12.8. The van der Waals surface area contributed by atoms with Crippen LogP contribution >= 0.6 is 11.6 Å². The molecule has 0 saturated heterocycles. The van der Waals surface area contributed by atoms with Crippen molar-refractivity contribution in [3.8, 4) is 0 Å². The van der Waals surface area contributed by atoms with E-state index in [0.717, 1.165) is 13.0 Å². The Morgan fingerprint density at radius 2 is 2.27 bits per heavy atom. The Hall–Kier alpha value is -0.640. The molecule has 84 valence electrons. The van der Waals surface area contributed by atoms with E-state index in [1.807, 2.05) is 6.92 Å². The highest BCUT2D eigenvalue weighted by atomic mass is 35.5. The van der Waals surface area contributed by atoms with Crippen molar-refractivity contribution >= 4 is 11.6 Å². The van der Waals surface area contributed by atoms with Gasteiger partial charge in [-0.25, -0.2) is 4.39 Å². The number of aliphatic hydroxyl groups is 1. The fraction of sp³-hybridized carbons (Fsp3) is 0.455. The van der Waals surface area contributed by atoms with E-state index in [9.17, 15) is 9.50 Å². The van der Waals surface area contributed by atoms with Crippen LogP contribution in [0.2, 0.25) is 5.02 Å². The van der Waals surface area contributed by atoms with Crippen LogP contribution in [0.1, 0.15) is 25.0 Å². The van der Waals surface area contributed by atoms with Crippen LogP contribution in [0.15, 0.2) is 18.2 Å². The minimum atomic E-state index is -0.644. The predicted molar refractivity (Wildman–Crippen MR) is 59.5 cm³/mol. The molecule has 2 N–H and O–H groups in total. The second-order valence-electron chi connectivity index (χ2n) is 3.39. The Kier molecular flexibility index (Phi) is 5.02. The number of halogens is 2. The van der Waals surface area contributed by atoms with Gasteiger partial charge in [-0.15, -0.1) is 0 Å². The molecule has 0 fully saturated rings. The van der Waals surface area contributed by atoms with Gasteiger partial charge >= 0.3 is 0 Å². The van der Waals surface area contributed by atoms with Crippen molar-refractivity contribution in [3.05, 3.63) is 34.6 Å². The molecule has 0 aliphatic heterocycles. The largest absolute Gasteiger partial charge is 0.387 e. The molecule has 15 heavy (non-hydrogen) atoms. The molecule has 2 nitrogen and oxygen atoms in total. The van der Waals surface area contributed by atoms with Gasteiger partial charge in [0.2, 0.25) is 0 Å². The fourth-order valence-corrected chi connectivity index (χ4v) is 1.44. The number of hydrogen-bond donors (Lipinski definition) is 2. The average molecular weight is 232 g/mol. The summed E-state index contributed by atoms with van der Waals surface area (Å²) in [4.78, 5) is 0. The van der Waals surface area contributed by atoms with Crippen molar-refractivity contribution in [2.75, 3.05) is 13.1 Å². The first kappa shape index (κ1) is 12.4. The molecule has 1 atom stereocenters. The van der Waals surface area contributed by atoms with Crippen LogP contribution in [-0.4, -0.2) is 18.2 Å². The van der Waals surface area contributed by atoms with Gasteiger partial charge in [-0.2, -0.15) is 0 Å². The zero-order chi connectivity index (χ0) is 11.3. The normalized spacial score (nSPS) is 12.8. The second kappa shape index (κ2) is 6.05. The van der Waals surface area contributed by atoms with Gasteiger partial charge in [0.1, 0.15) is 5.82 Å². The third-order valence-electron chi connectivity index (χ3n) is 2.09. The van der Waals surface area contributed by atoms with E-state index in [1.165, 1.54) is 12.1 Å². The molecule has 1 aromatic carbocycles. The Labute approximate surface area is 94.1 Å². The Morgan fingerprint density at radius 1 is 1.53 bits per heavy atom. The molecule has 0 aromatic heterocycles. The summed E-state index contributed by atoms with van der Waals surface area (Å²) >= 11 is 5.61. The van der Waals surface area contributed by atoms with E-state index in [0.29, 0.717) is 12.1 Å². The van der Waals surface area contributed by atoms with E-state index >= 15 is 0 Å². The lowest BCUT2D eigenvalue weighted by molar-refractivity contribution is 0.175. The quantitative estimate of drug-likeness (QED) is 0.764. The Bertz CT molecular complexity index is 319. The lowest BCUT2D eigenvalue weighted by Crippen LogP contribution is -2.22. The van der Waals surface area contributed by atoms with Crippen molar-refractivity contribution in [1.82, 2.24) is 5.32 Å². The SMILES string of the molecule is CCCNCC(O)c1ccc(F)c(Cl)c1. The van der Waals surface area contributed by atoms with E-state index < -0.39 is 11.9 Å². The summed E-state index contributed by atoms with van der Waals surface area (Å²) in [5.74, 6) is -0.464. The van der Waals surface area contributed by atoms with Gasteiger partial charge in [0.25, 0.3) is 0 Å².